The van der Waals surface area contributed by atoms with Crippen molar-refractivity contribution in [1.29, 1.82) is 0 Å². The molecule has 0 N–H and O–H groups in total. The van der Waals surface area contributed by atoms with Crippen LogP contribution in [0.25, 0.3) is 16.2 Å². The molecule has 3 aromatic heterocycles. The number of esters is 2. The molecular formula is C25H24ClN3O5S. The largest absolute Gasteiger partial charge is 0.484 e. The summed E-state index contributed by atoms with van der Waals surface area (Å²) in [5.74, 6) is -0.651. The second-order valence-electron chi connectivity index (χ2n) is 7.70. The van der Waals surface area contributed by atoms with Crippen molar-refractivity contribution >= 4 is 40.5 Å². The molecule has 0 fully saturated rings. The van der Waals surface area contributed by atoms with E-state index in [2.05, 4.69) is 10.1 Å². The first-order valence-electron chi connectivity index (χ1n) is 11.1. The maximum atomic E-state index is 12.9. The van der Waals surface area contributed by atoms with Crippen molar-refractivity contribution in [2.75, 3.05) is 13.7 Å². The smallest absolute Gasteiger partial charge is 0.358 e. The van der Waals surface area contributed by atoms with Crippen molar-refractivity contribution in [3.05, 3.63) is 69.8 Å². The molecule has 0 radical (unpaired) electrons. The van der Waals surface area contributed by atoms with Gasteiger partial charge in [0.25, 0.3) is 0 Å². The van der Waals surface area contributed by atoms with E-state index in [-0.39, 0.29) is 5.69 Å². The van der Waals surface area contributed by atoms with Gasteiger partial charge in [0.15, 0.2) is 16.2 Å². The first kappa shape index (κ1) is 24.7. The molecule has 0 unspecified atom stereocenters. The number of halogens is 1. The topological polar surface area (TPSA) is 92.0 Å². The van der Waals surface area contributed by atoms with Crippen LogP contribution in [0, 0.1) is 0 Å². The fraction of sp³-hybridized carbons (Fsp3) is 0.280. The second-order valence-corrected chi connectivity index (χ2v) is 9.16. The first-order valence-corrected chi connectivity index (χ1v) is 12.3. The monoisotopic (exact) mass is 513 g/mol. The zero-order chi connectivity index (χ0) is 24.9. The summed E-state index contributed by atoms with van der Waals surface area (Å²) in [7, 11) is 1.29. The van der Waals surface area contributed by atoms with Gasteiger partial charge in [-0.3, -0.25) is 0 Å². The Morgan fingerprint density at radius 1 is 1.17 bits per heavy atom. The quantitative estimate of drug-likeness (QED) is 0.200. The predicted octanol–water partition coefficient (Wildman–Crippen LogP) is 5.99. The van der Waals surface area contributed by atoms with Crippen LogP contribution in [0.15, 0.2) is 48.7 Å². The molecule has 182 valence electrons. The average Bonchev–Trinajstić information content (AvgIpc) is 3.47. The molecule has 0 spiro atoms. The molecule has 8 nitrogen and oxygen atoms in total. The number of carbonyl (C=O) groups is 2. The minimum absolute atomic E-state index is 0.138. The maximum absolute atomic E-state index is 12.9. The number of unbranched alkanes of at least 4 members (excludes halogenated alkanes) is 1. The number of rotatable bonds is 9. The van der Waals surface area contributed by atoms with Gasteiger partial charge in [-0.2, -0.15) is 5.10 Å². The van der Waals surface area contributed by atoms with Gasteiger partial charge in [-0.05, 0) is 31.5 Å². The first-order chi connectivity index (χ1) is 16.9. The van der Waals surface area contributed by atoms with E-state index in [4.69, 9.17) is 25.8 Å². The van der Waals surface area contributed by atoms with E-state index in [0.717, 1.165) is 18.4 Å². The molecular weight excluding hydrogens is 490 g/mol. The number of methoxy groups -OCH3 is 1. The number of hydrogen-bond acceptors (Lipinski definition) is 8. The zero-order valence-corrected chi connectivity index (χ0v) is 21.1. The van der Waals surface area contributed by atoms with Crippen LogP contribution < -0.4 is 4.74 Å². The molecule has 35 heavy (non-hydrogen) atoms. The normalized spacial score (nSPS) is 11.9. The minimum Gasteiger partial charge on any atom is -0.484 e. The highest BCUT2D eigenvalue weighted by Gasteiger charge is 2.24. The molecule has 0 aliphatic rings. The third-order valence-corrected chi connectivity index (χ3v) is 6.73. The van der Waals surface area contributed by atoms with Crippen molar-refractivity contribution in [1.82, 2.24) is 14.6 Å². The van der Waals surface area contributed by atoms with Crippen LogP contribution in [-0.4, -0.2) is 40.3 Å². The van der Waals surface area contributed by atoms with E-state index in [9.17, 15) is 9.59 Å². The summed E-state index contributed by atoms with van der Waals surface area (Å²) in [4.78, 5) is 30.3. The molecule has 0 aliphatic carbocycles. The highest BCUT2D eigenvalue weighted by Crippen LogP contribution is 2.39. The lowest BCUT2D eigenvalue weighted by atomic mass is 10.1. The van der Waals surface area contributed by atoms with Gasteiger partial charge in [-0.25, -0.2) is 19.1 Å². The van der Waals surface area contributed by atoms with Crippen LogP contribution >= 0.6 is 22.9 Å². The van der Waals surface area contributed by atoms with E-state index in [1.165, 1.54) is 23.0 Å². The number of ether oxygens (including phenoxy) is 3. The van der Waals surface area contributed by atoms with Crippen LogP contribution in [0.3, 0.4) is 0 Å². The molecule has 0 aliphatic heterocycles. The average molecular weight is 514 g/mol. The third kappa shape index (κ3) is 5.31. The summed E-state index contributed by atoms with van der Waals surface area (Å²) < 4.78 is 18.0. The van der Waals surface area contributed by atoms with Gasteiger partial charge in [0.2, 0.25) is 0 Å². The van der Waals surface area contributed by atoms with Crippen molar-refractivity contribution in [2.24, 2.45) is 0 Å². The number of thiophene rings is 1. The summed E-state index contributed by atoms with van der Waals surface area (Å²) >= 11 is 7.56. The lowest BCUT2D eigenvalue weighted by Crippen LogP contribution is -2.09. The molecule has 4 aromatic rings. The predicted molar refractivity (Wildman–Crippen MR) is 133 cm³/mol. The number of carbonyl (C=O) groups excluding carboxylic acids is 2. The van der Waals surface area contributed by atoms with Crippen LogP contribution in [-0.2, 0) is 9.47 Å². The van der Waals surface area contributed by atoms with Gasteiger partial charge in [0.05, 0.1) is 24.8 Å². The lowest BCUT2D eigenvalue weighted by Gasteiger charge is -2.16. The molecule has 1 aromatic carbocycles. The van der Waals surface area contributed by atoms with Crippen molar-refractivity contribution < 1.29 is 23.8 Å². The summed E-state index contributed by atoms with van der Waals surface area (Å²) in [5.41, 5.74) is 2.07. The number of aromatic nitrogens is 3. The van der Waals surface area contributed by atoms with Crippen molar-refractivity contribution in [3.8, 4) is 16.3 Å². The Balaban J connectivity index is 1.74. The van der Waals surface area contributed by atoms with Crippen LogP contribution in [0.4, 0.5) is 0 Å². The van der Waals surface area contributed by atoms with Crippen LogP contribution in [0.1, 0.15) is 58.5 Å². The Labute approximate surface area is 211 Å². The Hall–Kier alpha value is -3.43. The molecule has 0 bridgehead atoms. The molecule has 4 rings (SSSR count). The highest BCUT2D eigenvalue weighted by molar-refractivity contribution is 7.17. The zero-order valence-electron chi connectivity index (χ0n) is 19.5. The van der Waals surface area contributed by atoms with Crippen LogP contribution in [0.5, 0.6) is 5.75 Å². The van der Waals surface area contributed by atoms with Crippen LogP contribution in [0.2, 0.25) is 5.02 Å². The maximum Gasteiger partial charge on any atom is 0.358 e. The standard InChI is InChI=1S/C25H24ClN3O5S/c1-4-5-12-33-25(31)23-20(34-15(2)16-8-6-7-9-17(16)26)13-21(35-23)19-14-27-22-11-10-18(24(30)32-3)28-29(19)22/h6-11,13-15H,4-5,12H2,1-3H3/t15-/m1/s1. The van der Waals surface area contributed by atoms with E-state index >= 15 is 0 Å². The van der Waals surface area contributed by atoms with Gasteiger partial charge < -0.3 is 14.2 Å². The summed E-state index contributed by atoms with van der Waals surface area (Å²) in [6.45, 7) is 4.21. The van der Waals surface area contributed by atoms with Gasteiger partial charge in [0, 0.05) is 16.7 Å². The highest BCUT2D eigenvalue weighted by atomic mass is 35.5. The second kappa shape index (κ2) is 10.9. The van der Waals surface area contributed by atoms with Gasteiger partial charge in [0.1, 0.15) is 17.5 Å². The summed E-state index contributed by atoms with van der Waals surface area (Å²) in [6, 6.07) is 12.4. The molecule has 10 heteroatoms. The molecule has 0 saturated carbocycles. The minimum atomic E-state index is -0.560. The van der Waals surface area contributed by atoms with E-state index in [1.807, 2.05) is 32.0 Å². The summed E-state index contributed by atoms with van der Waals surface area (Å²) in [5, 5.41) is 4.93. The fourth-order valence-corrected chi connectivity index (χ4v) is 4.69. The summed E-state index contributed by atoms with van der Waals surface area (Å²) in [6.07, 6.45) is 2.89. The number of fused-ring (bicyclic) bond motifs is 1. The Kier molecular flexibility index (Phi) is 7.67. The SMILES string of the molecule is CCCCOC(=O)c1sc(-c2cnc3ccc(C(=O)OC)nn23)cc1O[C@H](C)c1ccccc1Cl. The molecule has 3 heterocycles. The fourth-order valence-electron chi connectivity index (χ4n) is 3.42. The van der Waals surface area contributed by atoms with Gasteiger partial charge in [-0.15, -0.1) is 11.3 Å². The van der Waals surface area contributed by atoms with E-state index in [0.29, 0.717) is 38.5 Å². The van der Waals surface area contributed by atoms with Crippen molar-refractivity contribution in [3.63, 3.8) is 0 Å². The molecule has 0 amide bonds. The number of benzene rings is 1. The molecule has 0 saturated heterocycles. The number of hydrogen-bond donors (Lipinski definition) is 0. The Morgan fingerprint density at radius 2 is 1.97 bits per heavy atom. The number of nitrogens with zero attached hydrogens (tertiary/aromatic N) is 3. The van der Waals surface area contributed by atoms with E-state index < -0.39 is 18.0 Å². The number of imidazole rings is 1. The Morgan fingerprint density at radius 3 is 2.71 bits per heavy atom. The Bertz CT molecular complexity index is 1370. The van der Waals surface area contributed by atoms with E-state index in [1.54, 1.807) is 30.5 Å². The third-order valence-electron chi connectivity index (χ3n) is 5.27. The molecule has 1 atom stereocenters. The van der Waals surface area contributed by atoms with Gasteiger partial charge in [-0.1, -0.05) is 43.1 Å². The van der Waals surface area contributed by atoms with Crippen molar-refractivity contribution in [2.45, 2.75) is 32.8 Å². The van der Waals surface area contributed by atoms with Gasteiger partial charge >= 0.3 is 11.9 Å². The lowest BCUT2D eigenvalue weighted by molar-refractivity contribution is 0.0498.